The molecule has 394 valence electrons. The Balaban J connectivity index is -0.000000492. The molecule has 0 fully saturated rings. The summed E-state index contributed by atoms with van der Waals surface area (Å²) in [4.78, 5) is 56.4. The van der Waals surface area contributed by atoms with Crippen LogP contribution in [0, 0.1) is 130 Å². The third-order valence-corrected chi connectivity index (χ3v) is 9.98. The smallest absolute Gasteiger partial charge is 1.00 e. The SMILES string of the molecule is CC#CC#CC#CC#CC#CC.CC#CC#CC#CC#CC#CC#N.CCCCCCCCCCCC(=O)NCCCCC(N)C(=O)ONCCCCCCCCCCCC(=O)NCCCCC(N)C(=O)ON.[H-].[K+]. The number of hydrogen-bond donors (Lipinski definition) is 6. The molecule has 0 aliphatic carbocycles. The second-order valence-corrected chi connectivity index (χ2v) is 16.2. The van der Waals surface area contributed by atoms with Crippen LogP contribution in [0.4, 0.5) is 0 Å². The zero-order valence-corrected chi connectivity index (χ0v) is 48.4. The molecule has 0 aliphatic heterocycles. The monoisotopic (exact) mass is 1040 g/mol. The van der Waals surface area contributed by atoms with Crippen LogP contribution >= 0.6 is 0 Å². The number of hydroxylamine groups is 1. The molecule has 13 nitrogen and oxygen atoms in total. The average Bonchev–Trinajstić information content (AvgIpc) is 3.39. The van der Waals surface area contributed by atoms with Crippen LogP contribution in [0.5, 0.6) is 0 Å². The summed E-state index contributed by atoms with van der Waals surface area (Å²) in [5, 5.41) is 13.9. The van der Waals surface area contributed by atoms with Crippen molar-refractivity contribution >= 4 is 23.8 Å². The molecule has 2 amide bonds. The maximum Gasteiger partial charge on any atom is 1.00 e. The van der Waals surface area contributed by atoms with Gasteiger partial charge in [0, 0.05) is 62.1 Å². The molecule has 0 aromatic heterocycles. The zero-order chi connectivity index (χ0) is 54.4. The third kappa shape index (κ3) is 64.5. The molecule has 2 atom stereocenters. The predicted molar refractivity (Wildman–Crippen MR) is 294 cm³/mol. The van der Waals surface area contributed by atoms with Crippen LogP contribution in [0.3, 0.4) is 0 Å². The number of carbonyl (C=O) groups is 4. The van der Waals surface area contributed by atoms with Crippen LogP contribution in [-0.2, 0) is 28.9 Å². The minimum absolute atomic E-state index is 0. The van der Waals surface area contributed by atoms with E-state index in [1.165, 1.54) is 64.2 Å². The van der Waals surface area contributed by atoms with Gasteiger partial charge in [0.2, 0.25) is 11.8 Å². The predicted octanol–water partition coefficient (Wildman–Crippen LogP) is 4.21. The second-order valence-electron chi connectivity index (χ2n) is 16.2. The van der Waals surface area contributed by atoms with Gasteiger partial charge >= 0.3 is 63.3 Å². The van der Waals surface area contributed by atoms with E-state index >= 15 is 0 Å². The number of unbranched alkanes of at least 4 members (excludes halogenated alkanes) is 18. The molecule has 0 rings (SSSR count). The minimum Gasteiger partial charge on any atom is -1.00 e. The Bertz CT molecular complexity index is 2210. The van der Waals surface area contributed by atoms with Crippen molar-refractivity contribution in [2.75, 3.05) is 19.6 Å². The zero-order valence-electron chi connectivity index (χ0n) is 46.3. The normalized spacial score (nSPS) is 9.27. The number of nitrogens with zero attached hydrogens (tertiary/aromatic N) is 1. The van der Waals surface area contributed by atoms with Gasteiger partial charge in [-0.15, -0.1) is 0 Å². The van der Waals surface area contributed by atoms with Crippen LogP contribution < -0.4 is 84.9 Å². The van der Waals surface area contributed by atoms with Crippen LogP contribution in [0.25, 0.3) is 0 Å². The summed E-state index contributed by atoms with van der Waals surface area (Å²) in [6.07, 6.45) is 26.2. The number of nitriles is 1. The largest absolute Gasteiger partial charge is 1.00 e. The molecule has 0 heterocycles. The van der Waals surface area contributed by atoms with Crippen molar-refractivity contribution in [1.82, 2.24) is 16.1 Å². The van der Waals surface area contributed by atoms with E-state index in [1.54, 1.807) is 26.8 Å². The number of nitrogens with two attached hydrogens (primary N) is 3. The van der Waals surface area contributed by atoms with Gasteiger partial charge in [-0.1, -0.05) is 121 Å². The fourth-order valence-corrected chi connectivity index (χ4v) is 6.07. The Morgan fingerprint density at radius 3 is 1.11 bits per heavy atom. The van der Waals surface area contributed by atoms with E-state index in [1.807, 2.05) is 0 Å². The summed E-state index contributed by atoms with van der Waals surface area (Å²) in [5.41, 5.74) is 14.3. The van der Waals surface area contributed by atoms with E-state index in [2.05, 4.69) is 146 Å². The summed E-state index contributed by atoms with van der Waals surface area (Å²) in [5.74, 6) is 53.7. The third-order valence-electron chi connectivity index (χ3n) is 9.98. The van der Waals surface area contributed by atoms with Crippen molar-refractivity contribution in [1.29, 1.82) is 5.26 Å². The van der Waals surface area contributed by atoms with Crippen molar-refractivity contribution in [3.05, 3.63) is 0 Å². The van der Waals surface area contributed by atoms with E-state index in [0.717, 1.165) is 77.0 Å². The van der Waals surface area contributed by atoms with Gasteiger partial charge in [0.15, 0.2) is 6.07 Å². The van der Waals surface area contributed by atoms with E-state index in [4.69, 9.17) is 27.5 Å². The fourth-order valence-electron chi connectivity index (χ4n) is 6.07. The van der Waals surface area contributed by atoms with Crippen molar-refractivity contribution in [2.24, 2.45) is 17.4 Å². The van der Waals surface area contributed by atoms with Crippen LogP contribution in [0.15, 0.2) is 0 Å². The van der Waals surface area contributed by atoms with Crippen LogP contribution in [0.1, 0.15) is 196 Å². The summed E-state index contributed by atoms with van der Waals surface area (Å²) in [7, 11) is 0. The first-order chi connectivity index (χ1) is 35.6. The van der Waals surface area contributed by atoms with E-state index < -0.39 is 24.0 Å². The summed E-state index contributed by atoms with van der Waals surface area (Å²) < 4.78 is 0. The average molecular weight is 1040 g/mol. The number of hydrogen-bond acceptors (Lipinski definition) is 11. The first-order valence-corrected chi connectivity index (χ1v) is 25.7. The Kier molecular flexibility index (Phi) is 66.3. The first-order valence-electron chi connectivity index (χ1n) is 25.7. The van der Waals surface area contributed by atoms with Crippen molar-refractivity contribution in [2.45, 2.75) is 207 Å². The summed E-state index contributed by atoms with van der Waals surface area (Å²) in [6.45, 7) is 9.18. The standard InChI is InChI=1S/C36H72N6O6.C12H3N.C12H6.K.H/c1-2-3-4-5-6-8-11-14-17-26-34(44)41-29-23-20-25-32(38)36(46)48-42-30-21-16-13-10-7-9-12-15-18-27-33(43)40-28-22-19-24-31(37)35(45)47-39;1-2-3-4-5-6-7-8-9-10-11-12-13;1-3-5-7-9-11-12-10-8-6-4-2;;/h31-32,42H,2-30,37-39H2,1H3,(H,40,43)(H,41,44);1H3;1-2H3;;/q;;;+1;-1. The van der Waals surface area contributed by atoms with Crippen molar-refractivity contribution < 1.29 is 81.7 Å². The van der Waals surface area contributed by atoms with E-state index in [9.17, 15) is 19.2 Å². The molecule has 0 aromatic carbocycles. The van der Waals surface area contributed by atoms with Gasteiger partial charge in [0.05, 0.1) is 0 Å². The Morgan fingerprint density at radius 2 is 0.757 bits per heavy atom. The first kappa shape index (κ1) is 75.0. The molecule has 0 bridgehead atoms. The Labute approximate surface area is 491 Å². The van der Waals surface area contributed by atoms with Gasteiger partial charge in [-0.2, -0.15) is 16.6 Å². The minimum atomic E-state index is -0.710. The van der Waals surface area contributed by atoms with Gasteiger partial charge in [-0.3, -0.25) is 9.59 Å². The molecule has 0 radical (unpaired) electrons. The molecule has 2 unspecified atom stereocenters. The summed E-state index contributed by atoms with van der Waals surface area (Å²) >= 11 is 0. The maximum absolute atomic E-state index is 12.1. The molecule has 0 saturated carbocycles. The number of carbonyl (C=O) groups excluding carboxylic acids is 4. The van der Waals surface area contributed by atoms with Crippen LogP contribution in [-0.4, -0.2) is 55.5 Å². The van der Waals surface area contributed by atoms with Crippen molar-refractivity contribution in [3.63, 3.8) is 0 Å². The molecule has 74 heavy (non-hydrogen) atoms. The number of nitrogens with one attached hydrogen (secondary N) is 3. The van der Waals surface area contributed by atoms with Gasteiger partial charge in [-0.05, 0) is 150 Å². The Hall–Kier alpha value is -5.55. The van der Waals surface area contributed by atoms with Crippen molar-refractivity contribution in [3.8, 4) is 124 Å². The topological polar surface area (TPSA) is 225 Å². The maximum atomic E-state index is 12.1. The van der Waals surface area contributed by atoms with Gasteiger partial charge in [-0.25, -0.2) is 9.59 Å². The molecular formula is C60H82KN7O6. The molecule has 0 aliphatic rings. The number of rotatable bonds is 35. The van der Waals surface area contributed by atoms with E-state index in [-0.39, 0.29) is 64.6 Å². The van der Waals surface area contributed by atoms with E-state index in [0.29, 0.717) is 45.3 Å². The second kappa shape index (κ2) is 65.5. The number of amides is 2. The molecule has 0 saturated heterocycles. The quantitative estimate of drug-likeness (QED) is 0.0228. The molecule has 9 N–H and O–H groups in total. The van der Waals surface area contributed by atoms with Gasteiger partial charge in [0.25, 0.3) is 0 Å². The molecule has 0 aromatic rings. The van der Waals surface area contributed by atoms with Crippen LogP contribution in [0.2, 0.25) is 0 Å². The van der Waals surface area contributed by atoms with Gasteiger partial charge in [0.1, 0.15) is 12.1 Å². The fraction of sp³-hybridized carbons (Fsp3) is 0.583. The molecular weight excluding hydrogens is 954 g/mol. The molecule has 0 spiro atoms. The molecule has 14 heteroatoms. The Morgan fingerprint density at radius 1 is 0.446 bits per heavy atom. The summed E-state index contributed by atoms with van der Waals surface area (Å²) in [6, 6.07) is 0.262. The van der Waals surface area contributed by atoms with Gasteiger partial charge < -0.3 is 33.2 Å².